The lowest BCUT2D eigenvalue weighted by molar-refractivity contribution is -0.123. The highest BCUT2D eigenvalue weighted by atomic mass is 16.2. The molecule has 1 atom stereocenters. The summed E-state index contributed by atoms with van der Waals surface area (Å²) < 4.78 is 0. The van der Waals surface area contributed by atoms with E-state index in [4.69, 9.17) is 0 Å². The summed E-state index contributed by atoms with van der Waals surface area (Å²) in [6, 6.07) is 16.0. The van der Waals surface area contributed by atoms with Gasteiger partial charge in [-0.15, -0.1) is 0 Å². The van der Waals surface area contributed by atoms with Crippen LogP contribution in [0.2, 0.25) is 0 Å². The molecule has 2 aromatic carbocycles. The van der Waals surface area contributed by atoms with E-state index in [0.29, 0.717) is 17.8 Å². The summed E-state index contributed by atoms with van der Waals surface area (Å²) in [4.78, 5) is 39.4. The normalized spacial score (nSPS) is 14.0. The third-order valence-corrected chi connectivity index (χ3v) is 5.15. The lowest BCUT2D eigenvalue weighted by Crippen LogP contribution is -2.46. The van der Waals surface area contributed by atoms with Gasteiger partial charge in [0.25, 0.3) is 5.91 Å². The van der Waals surface area contributed by atoms with Gasteiger partial charge >= 0.3 is 0 Å². The van der Waals surface area contributed by atoms with Gasteiger partial charge in [-0.1, -0.05) is 31.2 Å². The SMILES string of the molecule is CCCN(CC(=O)Nc1cccc(C(=O)NC2CC2)c1)C(C)C(=O)Nc1ccccc1. The van der Waals surface area contributed by atoms with Crippen LogP contribution in [0.1, 0.15) is 43.5 Å². The first kappa shape index (κ1) is 22.5. The predicted octanol–water partition coefficient (Wildman–Crippen LogP) is 3.26. The van der Waals surface area contributed by atoms with E-state index in [1.54, 1.807) is 31.2 Å². The van der Waals surface area contributed by atoms with Gasteiger partial charge in [0, 0.05) is 23.0 Å². The highest BCUT2D eigenvalue weighted by Crippen LogP contribution is 2.20. The summed E-state index contributed by atoms with van der Waals surface area (Å²) in [5.74, 6) is -0.517. The number of hydrogen-bond donors (Lipinski definition) is 3. The number of amides is 3. The van der Waals surface area contributed by atoms with Crippen molar-refractivity contribution in [3.8, 4) is 0 Å². The van der Waals surface area contributed by atoms with E-state index in [2.05, 4.69) is 16.0 Å². The Balaban J connectivity index is 1.58. The van der Waals surface area contributed by atoms with Gasteiger partial charge in [-0.05, 0) is 63.1 Å². The zero-order chi connectivity index (χ0) is 22.2. The first-order valence-electron chi connectivity index (χ1n) is 10.8. The molecular weight excluding hydrogens is 392 g/mol. The van der Waals surface area contributed by atoms with Crippen molar-refractivity contribution in [3.05, 3.63) is 60.2 Å². The third kappa shape index (κ3) is 6.93. The Hall–Kier alpha value is -3.19. The molecule has 0 aromatic heterocycles. The van der Waals surface area contributed by atoms with Crippen LogP contribution in [0.25, 0.3) is 0 Å². The molecule has 0 aliphatic heterocycles. The molecule has 3 amide bonds. The fourth-order valence-electron chi connectivity index (χ4n) is 3.25. The van der Waals surface area contributed by atoms with Gasteiger partial charge < -0.3 is 16.0 Å². The van der Waals surface area contributed by atoms with Gasteiger partial charge in [-0.25, -0.2) is 0 Å². The minimum absolute atomic E-state index is 0.0791. The fraction of sp³-hybridized carbons (Fsp3) is 0.375. The Kier molecular flexibility index (Phi) is 7.78. The number of rotatable bonds is 10. The minimum atomic E-state index is -0.471. The van der Waals surface area contributed by atoms with Crippen molar-refractivity contribution in [2.45, 2.75) is 45.2 Å². The first-order chi connectivity index (χ1) is 15.0. The van der Waals surface area contributed by atoms with E-state index >= 15 is 0 Å². The molecule has 7 heteroatoms. The molecule has 1 aliphatic carbocycles. The fourth-order valence-corrected chi connectivity index (χ4v) is 3.25. The lowest BCUT2D eigenvalue weighted by Gasteiger charge is -2.27. The van der Waals surface area contributed by atoms with Crippen LogP contribution in [0.5, 0.6) is 0 Å². The van der Waals surface area contributed by atoms with Gasteiger partial charge in [0.05, 0.1) is 12.6 Å². The summed E-state index contributed by atoms with van der Waals surface area (Å²) in [5.41, 5.74) is 1.80. The van der Waals surface area contributed by atoms with Gasteiger partial charge in [0.2, 0.25) is 11.8 Å². The smallest absolute Gasteiger partial charge is 0.251 e. The summed E-state index contributed by atoms with van der Waals surface area (Å²) >= 11 is 0. The van der Waals surface area contributed by atoms with Crippen molar-refractivity contribution >= 4 is 29.1 Å². The number of nitrogens with zero attached hydrogens (tertiary/aromatic N) is 1. The summed E-state index contributed by atoms with van der Waals surface area (Å²) in [6.45, 7) is 4.50. The van der Waals surface area contributed by atoms with E-state index in [0.717, 1.165) is 24.9 Å². The van der Waals surface area contributed by atoms with Crippen LogP contribution in [-0.2, 0) is 9.59 Å². The second-order valence-electron chi connectivity index (χ2n) is 7.88. The lowest BCUT2D eigenvalue weighted by atomic mass is 10.2. The highest BCUT2D eigenvalue weighted by Gasteiger charge is 2.25. The van der Waals surface area contributed by atoms with Crippen LogP contribution in [0, 0.1) is 0 Å². The van der Waals surface area contributed by atoms with Crippen LogP contribution in [0.3, 0.4) is 0 Å². The Labute approximate surface area is 183 Å². The molecule has 1 unspecified atom stereocenters. The van der Waals surface area contributed by atoms with Crippen molar-refractivity contribution in [1.82, 2.24) is 10.2 Å². The number of nitrogens with one attached hydrogen (secondary N) is 3. The van der Waals surface area contributed by atoms with E-state index in [1.165, 1.54) is 0 Å². The summed E-state index contributed by atoms with van der Waals surface area (Å²) in [7, 11) is 0. The van der Waals surface area contributed by atoms with E-state index in [-0.39, 0.29) is 30.3 Å². The maximum absolute atomic E-state index is 12.7. The zero-order valence-corrected chi connectivity index (χ0v) is 18.1. The molecule has 1 aliphatic rings. The molecule has 0 radical (unpaired) electrons. The van der Waals surface area contributed by atoms with Gasteiger partial charge in [0.15, 0.2) is 0 Å². The first-order valence-corrected chi connectivity index (χ1v) is 10.8. The maximum Gasteiger partial charge on any atom is 0.251 e. The van der Waals surface area contributed by atoms with Gasteiger partial charge in [0.1, 0.15) is 0 Å². The molecule has 0 bridgehead atoms. The van der Waals surface area contributed by atoms with Crippen LogP contribution < -0.4 is 16.0 Å². The monoisotopic (exact) mass is 422 g/mol. The van der Waals surface area contributed by atoms with Gasteiger partial charge in [-0.3, -0.25) is 19.3 Å². The van der Waals surface area contributed by atoms with E-state index < -0.39 is 6.04 Å². The maximum atomic E-state index is 12.7. The highest BCUT2D eigenvalue weighted by molar-refractivity contribution is 5.98. The van der Waals surface area contributed by atoms with Crippen molar-refractivity contribution in [2.75, 3.05) is 23.7 Å². The molecule has 0 heterocycles. The number of hydrogen-bond acceptors (Lipinski definition) is 4. The molecular formula is C24H30N4O3. The quantitative estimate of drug-likeness (QED) is 0.548. The molecule has 7 nitrogen and oxygen atoms in total. The summed E-state index contributed by atoms with van der Waals surface area (Å²) in [5, 5.41) is 8.68. The number of carbonyl (C=O) groups is 3. The van der Waals surface area contributed by atoms with Gasteiger partial charge in [-0.2, -0.15) is 0 Å². The van der Waals surface area contributed by atoms with Crippen LogP contribution in [-0.4, -0.2) is 47.8 Å². The largest absolute Gasteiger partial charge is 0.349 e. The number of para-hydroxylation sites is 1. The Morgan fingerprint density at radius 3 is 2.39 bits per heavy atom. The average molecular weight is 423 g/mol. The van der Waals surface area contributed by atoms with Crippen molar-refractivity contribution < 1.29 is 14.4 Å². The molecule has 3 rings (SSSR count). The minimum Gasteiger partial charge on any atom is -0.349 e. The van der Waals surface area contributed by atoms with Crippen molar-refractivity contribution in [1.29, 1.82) is 0 Å². The second kappa shape index (κ2) is 10.7. The zero-order valence-electron chi connectivity index (χ0n) is 18.1. The third-order valence-electron chi connectivity index (χ3n) is 5.15. The Bertz CT molecular complexity index is 912. The molecule has 0 saturated heterocycles. The van der Waals surface area contributed by atoms with Crippen LogP contribution in [0.4, 0.5) is 11.4 Å². The topological polar surface area (TPSA) is 90.5 Å². The molecule has 31 heavy (non-hydrogen) atoms. The molecule has 3 N–H and O–H groups in total. The molecule has 164 valence electrons. The van der Waals surface area contributed by atoms with E-state index in [9.17, 15) is 14.4 Å². The predicted molar refractivity (Wildman–Crippen MR) is 122 cm³/mol. The second-order valence-corrected chi connectivity index (χ2v) is 7.88. The number of anilines is 2. The Morgan fingerprint density at radius 1 is 1.00 bits per heavy atom. The van der Waals surface area contributed by atoms with Crippen LogP contribution in [0.15, 0.2) is 54.6 Å². The standard InChI is InChI=1S/C24H30N4O3/c1-3-14-28(17(2)23(30)26-19-9-5-4-6-10-19)16-22(29)25-21-11-7-8-18(15-21)24(31)27-20-12-13-20/h4-11,15,17,20H,3,12-14,16H2,1-2H3,(H,25,29)(H,26,30)(H,27,31). The molecule has 0 spiro atoms. The summed E-state index contributed by atoms with van der Waals surface area (Å²) in [6.07, 6.45) is 2.85. The molecule has 1 saturated carbocycles. The number of carbonyl (C=O) groups excluding carboxylic acids is 3. The van der Waals surface area contributed by atoms with Crippen molar-refractivity contribution in [2.24, 2.45) is 0 Å². The Morgan fingerprint density at radius 2 is 1.71 bits per heavy atom. The number of benzene rings is 2. The average Bonchev–Trinajstić information content (AvgIpc) is 3.57. The van der Waals surface area contributed by atoms with E-state index in [1.807, 2.05) is 42.2 Å². The van der Waals surface area contributed by atoms with Crippen molar-refractivity contribution in [3.63, 3.8) is 0 Å². The molecule has 2 aromatic rings. The van der Waals surface area contributed by atoms with Crippen LogP contribution >= 0.6 is 0 Å². The molecule has 1 fully saturated rings.